The molecule has 26 heavy (non-hydrogen) atoms. The van der Waals surface area contributed by atoms with E-state index in [1.54, 1.807) is 11.9 Å². The van der Waals surface area contributed by atoms with Gasteiger partial charge in [0.2, 0.25) is 5.71 Å². The number of nitrogens with zero attached hydrogens (tertiary/aromatic N) is 4. The SMILES string of the molecule is Cc1oc2ncnc(N3CCCCC3)c2c1C(=O)N(C)c1ccccc1. The number of rotatable bonds is 3. The number of hydrogen-bond acceptors (Lipinski definition) is 5. The second kappa shape index (κ2) is 6.78. The van der Waals surface area contributed by atoms with Crippen LogP contribution in [0.3, 0.4) is 0 Å². The lowest BCUT2D eigenvalue weighted by Gasteiger charge is -2.28. The number of aryl methyl sites for hydroxylation is 1. The van der Waals surface area contributed by atoms with E-state index >= 15 is 0 Å². The van der Waals surface area contributed by atoms with Crippen LogP contribution in [0.4, 0.5) is 11.5 Å². The number of furan rings is 1. The van der Waals surface area contributed by atoms with Crippen molar-refractivity contribution in [2.75, 3.05) is 29.9 Å². The smallest absolute Gasteiger partial charge is 0.262 e. The van der Waals surface area contributed by atoms with Gasteiger partial charge in [0.15, 0.2) is 0 Å². The molecule has 134 valence electrons. The molecule has 1 fully saturated rings. The molecule has 1 amide bonds. The summed E-state index contributed by atoms with van der Waals surface area (Å²) in [5.74, 6) is 1.27. The fraction of sp³-hybridized carbons (Fsp3) is 0.350. The average molecular weight is 350 g/mol. The summed E-state index contributed by atoms with van der Waals surface area (Å²) in [6.07, 6.45) is 5.02. The first-order valence-electron chi connectivity index (χ1n) is 8.99. The number of piperidine rings is 1. The van der Waals surface area contributed by atoms with E-state index in [-0.39, 0.29) is 5.91 Å². The molecule has 3 heterocycles. The van der Waals surface area contributed by atoms with E-state index in [9.17, 15) is 4.79 Å². The van der Waals surface area contributed by atoms with Crippen molar-refractivity contribution in [2.45, 2.75) is 26.2 Å². The number of carbonyl (C=O) groups excluding carboxylic acids is 1. The van der Waals surface area contributed by atoms with Crippen molar-refractivity contribution in [3.05, 3.63) is 48.0 Å². The molecule has 3 aromatic rings. The van der Waals surface area contributed by atoms with Crippen molar-refractivity contribution in [3.63, 3.8) is 0 Å². The molecule has 0 unspecified atom stereocenters. The Balaban J connectivity index is 1.81. The Bertz CT molecular complexity index is 930. The van der Waals surface area contributed by atoms with E-state index in [1.807, 2.05) is 37.3 Å². The summed E-state index contributed by atoms with van der Waals surface area (Å²) in [6.45, 7) is 3.70. The second-order valence-corrected chi connectivity index (χ2v) is 6.66. The molecule has 0 atom stereocenters. The molecule has 6 heteroatoms. The van der Waals surface area contributed by atoms with E-state index in [0.717, 1.165) is 42.8 Å². The van der Waals surface area contributed by atoms with Crippen molar-refractivity contribution >= 4 is 28.5 Å². The van der Waals surface area contributed by atoms with Crippen LogP contribution in [0.25, 0.3) is 11.1 Å². The van der Waals surface area contributed by atoms with Crippen LogP contribution in [-0.4, -0.2) is 36.0 Å². The summed E-state index contributed by atoms with van der Waals surface area (Å²) in [6, 6.07) is 9.60. The number of carbonyl (C=O) groups is 1. The fourth-order valence-corrected chi connectivity index (χ4v) is 3.57. The maximum absolute atomic E-state index is 13.3. The zero-order valence-electron chi connectivity index (χ0n) is 15.1. The normalized spacial score (nSPS) is 14.6. The van der Waals surface area contributed by atoms with Gasteiger partial charge in [-0.2, -0.15) is 0 Å². The van der Waals surface area contributed by atoms with Gasteiger partial charge in [-0.25, -0.2) is 9.97 Å². The molecular weight excluding hydrogens is 328 g/mol. The molecule has 2 aromatic heterocycles. The third-order valence-corrected chi connectivity index (χ3v) is 4.96. The molecule has 1 aromatic carbocycles. The van der Waals surface area contributed by atoms with Crippen LogP contribution < -0.4 is 9.80 Å². The number of para-hydroxylation sites is 1. The minimum atomic E-state index is -0.111. The van der Waals surface area contributed by atoms with Gasteiger partial charge < -0.3 is 14.2 Å². The molecule has 0 saturated carbocycles. The Morgan fingerprint density at radius 3 is 2.58 bits per heavy atom. The molecule has 0 radical (unpaired) electrons. The van der Waals surface area contributed by atoms with Crippen LogP contribution >= 0.6 is 0 Å². The standard InChI is InChI=1S/C20H22N4O2/c1-14-16(20(25)23(2)15-9-5-3-6-10-15)17-18(21-13-22-19(17)26-14)24-11-7-4-8-12-24/h3,5-6,9-10,13H,4,7-8,11-12H2,1-2H3. The maximum Gasteiger partial charge on any atom is 0.262 e. The number of anilines is 2. The second-order valence-electron chi connectivity index (χ2n) is 6.66. The van der Waals surface area contributed by atoms with E-state index in [0.29, 0.717) is 17.0 Å². The van der Waals surface area contributed by atoms with E-state index in [4.69, 9.17) is 4.42 Å². The highest BCUT2D eigenvalue weighted by Gasteiger charge is 2.27. The van der Waals surface area contributed by atoms with Gasteiger partial charge in [0, 0.05) is 25.8 Å². The van der Waals surface area contributed by atoms with Gasteiger partial charge in [-0.3, -0.25) is 4.79 Å². The Kier molecular flexibility index (Phi) is 4.32. The zero-order chi connectivity index (χ0) is 18.1. The fourth-order valence-electron chi connectivity index (χ4n) is 3.57. The number of amides is 1. The molecule has 1 aliphatic heterocycles. The average Bonchev–Trinajstić information content (AvgIpc) is 3.04. The van der Waals surface area contributed by atoms with Gasteiger partial charge >= 0.3 is 0 Å². The minimum absolute atomic E-state index is 0.111. The Morgan fingerprint density at radius 1 is 1.12 bits per heavy atom. The van der Waals surface area contributed by atoms with Crippen LogP contribution in [0.2, 0.25) is 0 Å². The summed E-state index contributed by atoms with van der Waals surface area (Å²) in [4.78, 5) is 25.9. The van der Waals surface area contributed by atoms with Crippen LogP contribution in [0.15, 0.2) is 41.1 Å². The van der Waals surface area contributed by atoms with Gasteiger partial charge in [0.1, 0.15) is 17.9 Å². The molecular formula is C20H22N4O2. The molecule has 6 nitrogen and oxygen atoms in total. The number of aromatic nitrogens is 2. The van der Waals surface area contributed by atoms with Crippen LogP contribution in [0.1, 0.15) is 35.4 Å². The molecule has 0 spiro atoms. The topological polar surface area (TPSA) is 62.5 Å². The third kappa shape index (κ3) is 2.81. The molecule has 0 bridgehead atoms. The van der Waals surface area contributed by atoms with Crippen molar-refractivity contribution in [1.29, 1.82) is 0 Å². The summed E-state index contributed by atoms with van der Waals surface area (Å²) in [5.41, 5.74) is 1.86. The van der Waals surface area contributed by atoms with Crippen LogP contribution in [0.5, 0.6) is 0 Å². The Hall–Kier alpha value is -2.89. The lowest BCUT2D eigenvalue weighted by molar-refractivity contribution is 0.0993. The molecule has 4 rings (SSSR count). The van der Waals surface area contributed by atoms with Gasteiger partial charge in [-0.15, -0.1) is 0 Å². The highest BCUT2D eigenvalue weighted by Crippen LogP contribution is 2.33. The van der Waals surface area contributed by atoms with Crippen molar-refractivity contribution < 1.29 is 9.21 Å². The predicted molar refractivity (Wildman–Crippen MR) is 102 cm³/mol. The summed E-state index contributed by atoms with van der Waals surface area (Å²) < 4.78 is 5.81. The van der Waals surface area contributed by atoms with Crippen LogP contribution in [0, 0.1) is 6.92 Å². The van der Waals surface area contributed by atoms with E-state index < -0.39 is 0 Å². The first kappa shape index (κ1) is 16.6. The first-order chi connectivity index (χ1) is 12.7. The summed E-state index contributed by atoms with van der Waals surface area (Å²) in [7, 11) is 1.78. The Morgan fingerprint density at radius 2 is 1.85 bits per heavy atom. The monoisotopic (exact) mass is 350 g/mol. The van der Waals surface area contributed by atoms with Gasteiger partial charge in [-0.1, -0.05) is 18.2 Å². The number of fused-ring (bicyclic) bond motifs is 1. The number of hydrogen-bond donors (Lipinski definition) is 0. The third-order valence-electron chi connectivity index (χ3n) is 4.96. The molecule has 1 saturated heterocycles. The molecule has 1 aliphatic rings. The Labute approximate surface area is 152 Å². The van der Waals surface area contributed by atoms with Crippen molar-refractivity contribution in [2.24, 2.45) is 0 Å². The zero-order valence-corrected chi connectivity index (χ0v) is 15.1. The highest BCUT2D eigenvalue weighted by atomic mass is 16.3. The van der Waals surface area contributed by atoms with Gasteiger partial charge in [-0.05, 0) is 38.3 Å². The van der Waals surface area contributed by atoms with Gasteiger partial charge in [0.05, 0.1) is 10.9 Å². The minimum Gasteiger partial charge on any atom is -0.442 e. The van der Waals surface area contributed by atoms with Crippen molar-refractivity contribution in [1.82, 2.24) is 9.97 Å². The molecule has 0 N–H and O–H groups in total. The number of benzene rings is 1. The quantitative estimate of drug-likeness (QED) is 0.719. The van der Waals surface area contributed by atoms with E-state index in [2.05, 4.69) is 14.9 Å². The summed E-state index contributed by atoms with van der Waals surface area (Å²) >= 11 is 0. The highest BCUT2D eigenvalue weighted by molar-refractivity contribution is 6.16. The first-order valence-corrected chi connectivity index (χ1v) is 8.99. The maximum atomic E-state index is 13.3. The van der Waals surface area contributed by atoms with Crippen molar-refractivity contribution in [3.8, 4) is 0 Å². The van der Waals surface area contributed by atoms with E-state index in [1.165, 1.54) is 12.7 Å². The lowest BCUT2D eigenvalue weighted by atomic mass is 10.1. The largest absolute Gasteiger partial charge is 0.442 e. The summed E-state index contributed by atoms with van der Waals surface area (Å²) in [5, 5.41) is 0.722. The van der Waals surface area contributed by atoms with Crippen LogP contribution in [-0.2, 0) is 0 Å². The lowest BCUT2D eigenvalue weighted by Crippen LogP contribution is -2.31. The van der Waals surface area contributed by atoms with Gasteiger partial charge in [0.25, 0.3) is 5.91 Å². The molecule has 0 aliphatic carbocycles. The predicted octanol–water partition coefficient (Wildman–Crippen LogP) is 3.80.